The largest absolute Gasteiger partial charge is 0.441 e. The van der Waals surface area contributed by atoms with Gasteiger partial charge in [-0.05, 0) is 31.0 Å². The van der Waals surface area contributed by atoms with E-state index in [2.05, 4.69) is 4.98 Å². The molecule has 0 N–H and O–H groups in total. The Morgan fingerprint density at radius 2 is 2.05 bits per heavy atom. The Labute approximate surface area is 110 Å². The Bertz CT molecular complexity index is 646. The van der Waals surface area contributed by atoms with Gasteiger partial charge in [-0.3, -0.25) is 9.59 Å². The average Bonchev–Trinajstić information content (AvgIpc) is 2.77. The molecule has 0 aliphatic heterocycles. The summed E-state index contributed by atoms with van der Waals surface area (Å²) in [5, 5.41) is 0. The predicted molar refractivity (Wildman–Crippen MR) is 70.0 cm³/mol. The standard InChI is InChI=1S/C15H15NO3/c1-9-16-13-8-11(4-7-14(13)19-9)15(18)10-2-5-12(17)6-3-10/h4,7-8,10H,2-3,5-6H2,1H3. The lowest BCUT2D eigenvalue weighted by atomic mass is 9.83. The normalized spacial score (nSPS) is 17.0. The maximum Gasteiger partial charge on any atom is 0.192 e. The van der Waals surface area contributed by atoms with Gasteiger partial charge in [-0.15, -0.1) is 0 Å². The van der Waals surface area contributed by atoms with E-state index in [0.717, 1.165) is 5.52 Å². The molecule has 0 amide bonds. The van der Waals surface area contributed by atoms with Gasteiger partial charge in [0.2, 0.25) is 0 Å². The van der Waals surface area contributed by atoms with Gasteiger partial charge in [-0.2, -0.15) is 0 Å². The molecule has 1 aromatic carbocycles. The van der Waals surface area contributed by atoms with Crippen molar-refractivity contribution in [2.24, 2.45) is 5.92 Å². The number of rotatable bonds is 2. The third-order valence-corrected chi connectivity index (χ3v) is 3.69. The fraction of sp³-hybridized carbons (Fsp3) is 0.400. The molecular formula is C15H15NO3. The van der Waals surface area contributed by atoms with E-state index in [1.807, 2.05) is 0 Å². The van der Waals surface area contributed by atoms with Gasteiger partial charge in [0.1, 0.15) is 11.3 Å². The summed E-state index contributed by atoms with van der Waals surface area (Å²) in [6, 6.07) is 5.35. The molecule has 19 heavy (non-hydrogen) atoms. The van der Waals surface area contributed by atoms with Gasteiger partial charge in [-0.25, -0.2) is 4.98 Å². The summed E-state index contributed by atoms with van der Waals surface area (Å²) < 4.78 is 5.40. The van der Waals surface area contributed by atoms with Crippen molar-refractivity contribution in [3.63, 3.8) is 0 Å². The number of nitrogens with zero attached hydrogens (tertiary/aromatic N) is 1. The van der Waals surface area contributed by atoms with Crippen LogP contribution in [0, 0.1) is 12.8 Å². The Kier molecular flexibility index (Phi) is 2.93. The van der Waals surface area contributed by atoms with Crippen LogP contribution in [0.1, 0.15) is 41.9 Å². The lowest BCUT2D eigenvalue weighted by Gasteiger charge is -2.19. The Balaban J connectivity index is 1.86. The summed E-state index contributed by atoms with van der Waals surface area (Å²) >= 11 is 0. The second-order valence-electron chi connectivity index (χ2n) is 5.09. The quantitative estimate of drug-likeness (QED) is 0.776. The van der Waals surface area contributed by atoms with Crippen LogP contribution in [0.3, 0.4) is 0 Å². The number of ketones is 2. The van der Waals surface area contributed by atoms with Crippen molar-refractivity contribution in [1.29, 1.82) is 0 Å². The first-order chi connectivity index (χ1) is 9.13. The number of aromatic nitrogens is 1. The van der Waals surface area contributed by atoms with Crippen molar-refractivity contribution in [2.75, 3.05) is 0 Å². The van der Waals surface area contributed by atoms with E-state index in [9.17, 15) is 9.59 Å². The first kappa shape index (κ1) is 12.1. The van der Waals surface area contributed by atoms with Crippen LogP contribution in [0.5, 0.6) is 0 Å². The molecule has 1 heterocycles. The summed E-state index contributed by atoms with van der Waals surface area (Å²) in [4.78, 5) is 27.8. The number of oxazole rings is 1. The summed E-state index contributed by atoms with van der Waals surface area (Å²) in [7, 11) is 0. The van der Waals surface area contributed by atoms with Crippen LogP contribution >= 0.6 is 0 Å². The number of carbonyl (C=O) groups is 2. The number of carbonyl (C=O) groups excluding carboxylic acids is 2. The van der Waals surface area contributed by atoms with Crippen molar-refractivity contribution in [1.82, 2.24) is 4.98 Å². The molecule has 4 nitrogen and oxygen atoms in total. The second kappa shape index (κ2) is 4.61. The van der Waals surface area contributed by atoms with Gasteiger partial charge in [0.25, 0.3) is 0 Å². The van der Waals surface area contributed by atoms with Crippen molar-refractivity contribution in [2.45, 2.75) is 32.6 Å². The van der Waals surface area contributed by atoms with Crippen molar-refractivity contribution in [3.05, 3.63) is 29.7 Å². The highest BCUT2D eigenvalue weighted by Crippen LogP contribution is 2.26. The third kappa shape index (κ3) is 2.30. The minimum Gasteiger partial charge on any atom is -0.441 e. The van der Waals surface area contributed by atoms with Crippen LogP contribution in [0.25, 0.3) is 11.1 Å². The topological polar surface area (TPSA) is 60.2 Å². The fourth-order valence-corrected chi connectivity index (χ4v) is 2.63. The minimum atomic E-state index is -0.0249. The molecule has 1 aromatic heterocycles. The number of Topliss-reactive ketones (excluding diaryl/α,β-unsaturated/α-hetero) is 2. The monoisotopic (exact) mass is 257 g/mol. The van der Waals surface area contributed by atoms with Crippen LogP contribution in [0.4, 0.5) is 0 Å². The fourth-order valence-electron chi connectivity index (χ4n) is 2.63. The highest BCUT2D eigenvalue weighted by molar-refractivity contribution is 6.01. The predicted octanol–water partition coefficient (Wildman–Crippen LogP) is 3.08. The summed E-state index contributed by atoms with van der Waals surface area (Å²) in [5.74, 6) is 0.965. The van der Waals surface area contributed by atoms with E-state index >= 15 is 0 Å². The Morgan fingerprint density at radius 1 is 1.32 bits per heavy atom. The van der Waals surface area contributed by atoms with Crippen LogP contribution in [-0.2, 0) is 4.79 Å². The zero-order valence-corrected chi connectivity index (χ0v) is 10.8. The molecule has 2 aromatic rings. The first-order valence-corrected chi connectivity index (χ1v) is 6.56. The first-order valence-electron chi connectivity index (χ1n) is 6.56. The zero-order valence-electron chi connectivity index (χ0n) is 10.8. The summed E-state index contributed by atoms with van der Waals surface area (Å²) in [6.45, 7) is 1.79. The SMILES string of the molecule is Cc1nc2cc(C(=O)C3CCC(=O)CC3)ccc2o1. The van der Waals surface area contributed by atoms with E-state index in [4.69, 9.17) is 4.42 Å². The molecule has 1 saturated carbocycles. The maximum absolute atomic E-state index is 12.4. The van der Waals surface area contributed by atoms with E-state index < -0.39 is 0 Å². The van der Waals surface area contributed by atoms with E-state index in [-0.39, 0.29) is 17.5 Å². The van der Waals surface area contributed by atoms with Crippen LogP contribution in [-0.4, -0.2) is 16.6 Å². The van der Waals surface area contributed by atoms with Crippen molar-refractivity contribution >= 4 is 22.7 Å². The minimum absolute atomic E-state index is 0.0249. The summed E-state index contributed by atoms with van der Waals surface area (Å²) in [6.07, 6.45) is 2.41. The Hall–Kier alpha value is -1.97. The number of hydrogen-bond acceptors (Lipinski definition) is 4. The van der Waals surface area contributed by atoms with Gasteiger partial charge in [0.15, 0.2) is 17.3 Å². The second-order valence-corrected chi connectivity index (χ2v) is 5.09. The van der Waals surface area contributed by atoms with Crippen molar-refractivity contribution in [3.8, 4) is 0 Å². The van der Waals surface area contributed by atoms with Crippen LogP contribution in [0.15, 0.2) is 22.6 Å². The molecule has 0 unspecified atom stereocenters. The zero-order chi connectivity index (χ0) is 13.4. The van der Waals surface area contributed by atoms with Crippen LogP contribution in [0.2, 0.25) is 0 Å². The van der Waals surface area contributed by atoms with Gasteiger partial charge >= 0.3 is 0 Å². The average molecular weight is 257 g/mol. The van der Waals surface area contributed by atoms with Gasteiger partial charge < -0.3 is 4.42 Å². The van der Waals surface area contributed by atoms with E-state index in [1.54, 1.807) is 25.1 Å². The highest BCUT2D eigenvalue weighted by Gasteiger charge is 2.25. The Morgan fingerprint density at radius 3 is 2.79 bits per heavy atom. The van der Waals surface area contributed by atoms with E-state index in [1.165, 1.54) is 0 Å². The van der Waals surface area contributed by atoms with E-state index in [0.29, 0.717) is 42.7 Å². The molecule has 98 valence electrons. The third-order valence-electron chi connectivity index (χ3n) is 3.69. The molecule has 0 radical (unpaired) electrons. The van der Waals surface area contributed by atoms with Gasteiger partial charge in [0, 0.05) is 31.2 Å². The summed E-state index contributed by atoms with van der Waals surface area (Å²) in [5.41, 5.74) is 2.09. The molecule has 0 saturated heterocycles. The maximum atomic E-state index is 12.4. The lowest BCUT2D eigenvalue weighted by Crippen LogP contribution is -2.21. The van der Waals surface area contributed by atoms with Gasteiger partial charge in [-0.1, -0.05) is 0 Å². The number of benzene rings is 1. The molecule has 0 bridgehead atoms. The molecule has 4 heteroatoms. The smallest absolute Gasteiger partial charge is 0.192 e. The molecule has 3 rings (SSSR count). The number of aryl methyl sites for hydroxylation is 1. The number of fused-ring (bicyclic) bond motifs is 1. The lowest BCUT2D eigenvalue weighted by molar-refractivity contribution is -0.120. The molecule has 0 spiro atoms. The van der Waals surface area contributed by atoms with Crippen molar-refractivity contribution < 1.29 is 14.0 Å². The van der Waals surface area contributed by atoms with Gasteiger partial charge in [0.05, 0.1) is 0 Å². The molecule has 1 aliphatic rings. The van der Waals surface area contributed by atoms with Crippen LogP contribution < -0.4 is 0 Å². The molecule has 1 aliphatic carbocycles. The molecule has 1 fully saturated rings. The molecule has 0 atom stereocenters. The highest BCUT2D eigenvalue weighted by atomic mass is 16.3. The number of hydrogen-bond donors (Lipinski definition) is 0. The molecular weight excluding hydrogens is 242 g/mol.